The Morgan fingerprint density at radius 2 is 2.17 bits per heavy atom. The molecule has 4 heteroatoms. The van der Waals surface area contributed by atoms with Gasteiger partial charge in [-0.25, -0.2) is 0 Å². The van der Waals surface area contributed by atoms with E-state index in [1.54, 1.807) is 0 Å². The summed E-state index contributed by atoms with van der Waals surface area (Å²) in [6.45, 7) is 6.34. The number of rotatable bonds is 5. The molecule has 2 heterocycles. The monoisotopic (exact) mass is 253 g/mol. The molecule has 0 aliphatic carbocycles. The normalized spacial score (nSPS) is 30.1. The van der Waals surface area contributed by atoms with Crippen LogP contribution in [-0.4, -0.2) is 38.1 Å². The molecule has 0 radical (unpaired) electrons. The lowest BCUT2D eigenvalue weighted by atomic mass is 9.85. The zero-order chi connectivity index (χ0) is 12.8. The van der Waals surface area contributed by atoms with Crippen LogP contribution < -0.4 is 16.0 Å². The first-order valence-corrected chi connectivity index (χ1v) is 7.46. The van der Waals surface area contributed by atoms with Crippen molar-refractivity contribution in [1.29, 1.82) is 0 Å². The van der Waals surface area contributed by atoms with Gasteiger partial charge in [0.05, 0.1) is 0 Å². The van der Waals surface area contributed by atoms with Crippen LogP contribution >= 0.6 is 0 Å². The third-order valence-corrected chi connectivity index (χ3v) is 4.36. The number of hydrogen-bond acceptors (Lipinski definition) is 3. The van der Waals surface area contributed by atoms with Gasteiger partial charge < -0.3 is 16.0 Å². The summed E-state index contributed by atoms with van der Waals surface area (Å²) in [5, 5.41) is 9.90. The van der Waals surface area contributed by atoms with E-state index in [-0.39, 0.29) is 5.91 Å². The van der Waals surface area contributed by atoms with Gasteiger partial charge in [-0.2, -0.15) is 0 Å². The minimum Gasteiger partial charge on any atom is -0.355 e. The van der Waals surface area contributed by atoms with Gasteiger partial charge in [0, 0.05) is 19.0 Å². The van der Waals surface area contributed by atoms with Crippen molar-refractivity contribution in [2.75, 3.05) is 26.2 Å². The number of hydrogen-bond donors (Lipinski definition) is 3. The number of carbonyl (C=O) groups excluding carboxylic acids is 1. The molecule has 0 aromatic carbocycles. The number of amides is 1. The Morgan fingerprint density at radius 3 is 2.83 bits per heavy atom. The minimum absolute atomic E-state index is 0.224. The zero-order valence-corrected chi connectivity index (χ0v) is 11.5. The molecule has 3 atom stereocenters. The summed E-state index contributed by atoms with van der Waals surface area (Å²) in [5.74, 6) is 1.39. The van der Waals surface area contributed by atoms with Gasteiger partial charge >= 0.3 is 0 Å². The predicted octanol–water partition coefficient (Wildman–Crippen LogP) is 0.880. The minimum atomic E-state index is 0.224. The van der Waals surface area contributed by atoms with Gasteiger partial charge in [-0.3, -0.25) is 4.79 Å². The Bertz CT molecular complexity index is 258. The van der Waals surface area contributed by atoms with Crippen LogP contribution in [0.5, 0.6) is 0 Å². The second kappa shape index (κ2) is 7.10. The van der Waals surface area contributed by atoms with E-state index in [1.165, 1.54) is 25.7 Å². The van der Waals surface area contributed by atoms with E-state index in [4.69, 9.17) is 0 Å². The Hall–Kier alpha value is -0.610. The molecule has 3 N–H and O–H groups in total. The van der Waals surface area contributed by atoms with Crippen molar-refractivity contribution < 1.29 is 4.79 Å². The summed E-state index contributed by atoms with van der Waals surface area (Å²) in [4.78, 5) is 11.9. The number of nitrogens with one attached hydrogen (secondary N) is 3. The fraction of sp³-hybridized carbons (Fsp3) is 0.929. The first-order chi connectivity index (χ1) is 8.75. The average molecular weight is 253 g/mol. The molecular formula is C14H27N3O. The second-order valence-corrected chi connectivity index (χ2v) is 5.89. The first-order valence-electron chi connectivity index (χ1n) is 7.46. The van der Waals surface area contributed by atoms with Gasteiger partial charge in [0.2, 0.25) is 5.91 Å². The Kier molecular flexibility index (Phi) is 5.45. The van der Waals surface area contributed by atoms with E-state index in [0.29, 0.717) is 24.3 Å². The van der Waals surface area contributed by atoms with E-state index in [1.807, 2.05) is 0 Å². The molecule has 3 unspecified atom stereocenters. The van der Waals surface area contributed by atoms with E-state index < -0.39 is 0 Å². The molecule has 0 bridgehead atoms. The van der Waals surface area contributed by atoms with Crippen molar-refractivity contribution >= 4 is 5.91 Å². The molecule has 2 fully saturated rings. The molecule has 2 saturated heterocycles. The topological polar surface area (TPSA) is 53.2 Å². The lowest BCUT2D eigenvalue weighted by Gasteiger charge is -2.28. The summed E-state index contributed by atoms with van der Waals surface area (Å²) in [7, 11) is 0. The van der Waals surface area contributed by atoms with Crippen LogP contribution in [0.1, 0.15) is 39.0 Å². The molecule has 2 rings (SSSR count). The summed E-state index contributed by atoms with van der Waals surface area (Å²) in [5.41, 5.74) is 0. The van der Waals surface area contributed by atoms with Gasteiger partial charge in [-0.1, -0.05) is 6.92 Å². The molecule has 0 spiro atoms. The van der Waals surface area contributed by atoms with Crippen LogP contribution in [0.2, 0.25) is 0 Å². The van der Waals surface area contributed by atoms with E-state index in [0.717, 1.165) is 26.2 Å². The van der Waals surface area contributed by atoms with Crippen LogP contribution in [0.15, 0.2) is 0 Å². The molecule has 2 aliphatic heterocycles. The largest absolute Gasteiger partial charge is 0.355 e. The van der Waals surface area contributed by atoms with Crippen molar-refractivity contribution in [3.8, 4) is 0 Å². The van der Waals surface area contributed by atoms with Crippen LogP contribution in [0, 0.1) is 11.8 Å². The maximum atomic E-state index is 11.9. The quantitative estimate of drug-likeness (QED) is 0.682. The molecule has 1 amide bonds. The lowest BCUT2D eigenvalue weighted by molar-refractivity contribution is -0.122. The third-order valence-electron chi connectivity index (χ3n) is 4.36. The SMILES string of the molecule is CC(CC(=O)NCC1CCCN1)C1CCCNC1. The van der Waals surface area contributed by atoms with Gasteiger partial charge in [0.25, 0.3) is 0 Å². The van der Waals surface area contributed by atoms with Gasteiger partial charge in [0.15, 0.2) is 0 Å². The average Bonchev–Trinajstić information content (AvgIpc) is 2.90. The van der Waals surface area contributed by atoms with Crippen molar-refractivity contribution in [2.24, 2.45) is 11.8 Å². The standard InChI is InChI=1S/C14H27N3O/c1-11(12-4-2-6-15-9-12)8-14(18)17-10-13-5-3-7-16-13/h11-13,15-16H,2-10H2,1H3,(H,17,18). The third kappa shape index (κ3) is 4.25. The van der Waals surface area contributed by atoms with E-state index in [9.17, 15) is 4.79 Å². The maximum Gasteiger partial charge on any atom is 0.220 e. The molecule has 2 aliphatic rings. The summed E-state index contributed by atoms with van der Waals surface area (Å²) in [6.07, 6.45) is 5.64. The first kappa shape index (κ1) is 13.8. The zero-order valence-electron chi connectivity index (χ0n) is 11.5. The fourth-order valence-electron chi connectivity index (χ4n) is 3.06. The Morgan fingerprint density at radius 1 is 1.33 bits per heavy atom. The van der Waals surface area contributed by atoms with E-state index in [2.05, 4.69) is 22.9 Å². The molecule has 0 aromatic rings. The van der Waals surface area contributed by atoms with Crippen LogP contribution in [0.4, 0.5) is 0 Å². The Labute approximate surface area is 110 Å². The molecule has 4 nitrogen and oxygen atoms in total. The van der Waals surface area contributed by atoms with E-state index >= 15 is 0 Å². The highest BCUT2D eigenvalue weighted by molar-refractivity contribution is 5.76. The number of carbonyl (C=O) groups is 1. The van der Waals surface area contributed by atoms with Gasteiger partial charge in [-0.05, 0) is 57.2 Å². The molecule has 0 aromatic heterocycles. The van der Waals surface area contributed by atoms with Crippen molar-refractivity contribution in [3.63, 3.8) is 0 Å². The fourth-order valence-corrected chi connectivity index (χ4v) is 3.06. The van der Waals surface area contributed by atoms with Crippen molar-refractivity contribution in [2.45, 2.75) is 45.1 Å². The lowest BCUT2D eigenvalue weighted by Crippen LogP contribution is -2.39. The highest BCUT2D eigenvalue weighted by Crippen LogP contribution is 2.22. The van der Waals surface area contributed by atoms with Gasteiger partial charge in [-0.15, -0.1) is 0 Å². The van der Waals surface area contributed by atoms with Crippen molar-refractivity contribution in [1.82, 2.24) is 16.0 Å². The van der Waals surface area contributed by atoms with Crippen LogP contribution in [0.25, 0.3) is 0 Å². The van der Waals surface area contributed by atoms with Crippen LogP contribution in [-0.2, 0) is 4.79 Å². The highest BCUT2D eigenvalue weighted by Gasteiger charge is 2.22. The molecular weight excluding hydrogens is 226 g/mol. The molecule has 0 saturated carbocycles. The van der Waals surface area contributed by atoms with Gasteiger partial charge in [0.1, 0.15) is 0 Å². The predicted molar refractivity (Wildman–Crippen MR) is 73.4 cm³/mol. The molecule has 18 heavy (non-hydrogen) atoms. The summed E-state index contributed by atoms with van der Waals surface area (Å²) >= 11 is 0. The maximum absolute atomic E-state index is 11.9. The second-order valence-electron chi connectivity index (χ2n) is 5.89. The van der Waals surface area contributed by atoms with Crippen LogP contribution in [0.3, 0.4) is 0 Å². The molecule has 104 valence electrons. The summed E-state index contributed by atoms with van der Waals surface area (Å²) in [6, 6.07) is 0.501. The smallest absolute Gasteiger partial charge is 0.220 e. The summed E-state index contributed by atoms with van der Waals surface area (Å²) < 4.78 is 0. The number of piperidine rings is 1. The van der Waals surface area contributed by atoms with Crippen molar-refractivity contribution in [3.05, 3.63) is 0 Å². The Balaban J connectivity index is 1.62. The highest BCUT2D eigenvalue weighted by atomic mass is 16.1.